The van der Waals surface area contributed by atoms with E-state index >= 15 is 0 Å². The number of hydrogen-bond acceptors (Lipinski definition) is 3. The van der Waals surface area contributed by atoms with E-state index in [-0.39, 0.29) is 17.9 Å². The normalized spacial score (nSPS) is 15.4. The number of anilines is 1. The maximum atomic E-state index is 12.9. The van der Waals surface area contributed by atoms with Gasteiger partial charge in [0.05, 0.1) is 10.6 Å². The number of hydrogen-bond donors (Lipinski definition) is 1. The van der Waals surface area contributed by atoms with Crippen molar-refractivity contribution < 1.29 is 9.59 Å². The summed E-state index contributed by atoms with van der Waals surface area (Å²) in [5.74, 6) is -0.190. The molecule has 4 rings (SSSR count). The quantitative estimate of drug-likeness (QED) is 0.510. The number of benzene rings is 3. The third-order valence-electron chi connectivity index (χ3n) is 5.50. The molecule has 2 amide bonds. The fourth-order valence-electron chi connectivity index (χ4n) is 3.64. The minimum absolute atomic E-state index is 0.0490. The van der Waals surface area contributed by atoms with Crippen molar-refractivity contribution in [2.24, 2.45) is 0 Å². The molecule has 3 aromatic rings. The highest BCUT2D eigenvalue weighted by Gasteiger charge is 2.27. The lowest BCUT2D eigenvalue weighted by Gasteiger charge is -2.27. The van der Waals surface area contributed by atoms with Crippen LogP contribution in [0.1, 0.15) is 34.8 Å². The first-order chi connectivity index (χ1) is 15.5. The zero-order valence-electron chi connectivity index (χ0n) is 18.2. The Balaban J connectivity index is 1.45. The number of amides is 2. The maximum absolute atomic E-state index is 12.9. The molecule has 1 atom stereocenters. The van der Waals surface area contributed by atoms with Crippen LogP contribution >= 0.6 is 11.8 Å². The van der Waals surface area contributed by atoms with Gasteiger partial charge in [-0.05, 0) is 55.2 Å². The largest absolute Gasteiger partial charge is 0.350 e. The lowest BCUT2D eigenvalue weighted by molar-refractivity contribution is -0.114. The molecular formula is C27H26N2O2S. The Bertz CT molecular complexity index is 1140. The van der Waals surface area contributed by atoms with E-state index in [0.717, 1.165) is 29.0 Å². The molecule has 1 heterocycles. The van der Waals surface area contributed by atoms with Crippen LogP contribution in [0.2, 0.25) is 0 Å². The van der Waals surface area contributed by atoms with Crippen LogP contribution in [0.5, 0.6) is 0 Å². The third-order valence-corrected chi connectivity index (χ3v) is 6.58. The summed E-state index contributed by atoms with van der Waals surface area (Å²) in [7, 11) is 1.75. The molecule has 0 radical (unpaired) electrons. The Morgan fingerprint density at radius 2 is 1.72 bits per heavy atom. The molecule has 4 nitrogen and oxygen atoms in total. The average molecular weight is 443 g/mol. The van der Waals surface area contributed by atoms with Gasteiger partial charge in [0.15, 0.2) is 0 Å². The Labute approximate surface area is 193 Å². The lowest BCUT2D eigenvalue weighted by Crippen LogP contribution is -2.34. The first-order valence-electron chi connectivity index (χ1n) is 10.7. The van der Waals surface area contributed by atoms with Gasteiger partial charge in [-0.25, -0.2) is 0 Å². The Morgan fingerprint density at radius 1 is 1.03 bits per heavy atom. The minimum Gasteiger partial charge on any atom is -0.350 e. The van der Waals surface area contributed by atoms with Crippen molar-refractivity contribution >= 4 is 35.3 Å². The number of fused-ring (bicyclic) bond motifs is 1. The van der Waals surface area contributed by atoms with E-state index in [9.17, 15) is 9.59 Å². The number of nitrogens with one attached hydrogen (secondary N) is 1. The summed E-state index contributed by atoms with van der Waals surface area (Å²) in [6, 6.07) is 25.7. The molecule has 162 valence electrons. The molecule has 1 aliphatic rings. The van der Waals surface area contributed by atoms with E-state index in [1.807, 2.05) is 73.7 Å². The van der Waals surface area contributed by atoms with Gasteiger partial charge >= 0.3 is 0 Å². The van der Waals surface area contributed by atoms with Gasteiger partial charge in [-0.2, -0.15) is 0 Å². The molecule has 1 aliphatic heterocycles. The van der Waals surface area contributed by atoms with Crippen LogP contribution in [0, 0.1) is 0 Å². The van der Waals surface area contributed by atoms with E-state index in [0.29, 0.717) is 10.5 Å². The molecule has 1 N–H and O–H groups in total. The van der Waals surface area contributed by atoms with Crippen LogP contribution in [0.4, 0.5) is 5.69 Å². The van der Waals surface area contributed by atoms with Crippen LogP contribution in [0.15, 0.2) is 88.7 Å². The molecule has 0 fully saturated rings. The second-order valence-corrected chi connectivity index (χ2v) is 9.05. The zero-order valence-corrected chi connectivity index (χ0v) is 19.1. The highest BCUT2D eigenvalue weighted by Crippen LogP contribution is 2.42. The van der Waals surface area contributed by atoms with Gasteiger partial charge in [-0.1, -0.05) is 72.4 Å². The van der Waals surface area contributed by atoms with Crippen LogP contribution in [-0.4, -0.2) is 24.9 Å². The van der Waals surface area contributed by atoms with Gasteiger partial charge in [-0.3, -0.25) is 9.59 Å². The molecule has 3 aromatic carbocycles. The number of thioether (sulfide) groups is 1. The topological polar surface area (TPSA) is 49.4 Å². The summed E-state index contributed by atoms with van der Waals surface area (Å²) < 4.78 is 0. The van der Waals surface area contributed by atoms with Crippen molar-refractivity contribution in [3.05, 3.63) is 100 Å². The van der Waals surface area contributed by atoms with Crippen molar-refractivity contribution in [1.29, 1.82) is 0 Å². The smallest absolute Gasteiger partial charge is 0.264 e. The van der Waals surface area contributed by atoms with Gasteiger partial charge < -0.3 is 10.2 Å². The van der Waals surface area contributed by atoms with Crippen LogP contribution in [-0.2, 0) is 11.2 Å². The van der Waals surface area contributed by atoms with Crippen molar-refractivity contribution in [3.8, 4) is 0 Å². The first kappa shape index (κ1) is 21.9. The standard InChI is InChI=1S/C27H26N2O2S/c1-19(13-14-20-9-5-3-6-10-20)28-26(30)22-15-16-24-23(18-22)29(2)27(31)25(32-24)17-21-11-7-4-8-12-21/h3-12,15-19H,13-14H2,1-2H3,(H,28,30)/b25-17+/t19-/m0/s1. The molecule has 0 aliphatic carbocycles. The van der Waals surface area contributed by atoms with Crippen molar-refractivity contribution in [1.82, 2.24) is 5.32 Å². The molecule has 0 saturated carbocycles. The predicted octanol–water partition coefficient (Wildman–Crippen LogP) is 5.55. The van der Waals surface area contributed by atoms with Gasteiger partial charge in [0, 0.05) is 23.5 Å². The number of likely N-dealkylation sites (N-methyl/N-ethyl adjacent to an activating group) is 1. The van der Waals surface area contributed by atoms with Crippen LogP contribution < -0.4 is 10.2 Å². The van der Waals surface area contributed by atoms with E-state index in [1.165, 1.54) is 17.3 Å². The van der Waals surface area contributed by atoms with Gasteiger partial charge in [-0.15, -0.1) is 0 Å². The number of carbonyl (C=O) groups excluding carboxylic acids is 2. The molecule has 5 heteroatoms. The zero-order chi connectivity index (χ0) is 22.5. The number of nitrogens with zero attached hydrogens (tertiary/aromatic N) is 1. The number of carbonyl (C=O) groups is 2. The van der Waals surface area contributed by atoms with Crippen LogP contribution in [0.25, 0.3) is 6.08 Å². The fraction of sp³-hybridized carbons (Fsp3) is 0.185. The highest BCUT2D eigenvalue weighted by molar-refractivity contribution is 8.04. The summed E-state index contributed by atoms with van der Waals surface area (Å²) in [5, 5.41) is 3.08. The fourth-order valence-corrected chi connectivity index (χ4v) is 4.74. The first-order valence-corrected chi connectivity index (χ1v) is 11.5. The molecule has 0 aromatic heterocycles. The second-order valence-electron chi connectivity index (χ2n) is 7.97. The second kappa shape index (κ2) is 9.88. The number of aryl methyl sites for hydroxylation is 1. The summed E-state index contributed by atoms with van der Waals surface area (Å²) in [5.41, 5.74) is 3.57. The molecular weight excluding hydrogens is 416 g/mol. The van der Waals surface area contributed by atoms with E-state index < -0.39 is 0 Å². The summed E-state index contributed by atoms with van der Waals surface area (Å²) in [6.07, 6.45) is 3.68. The summed E-state index contributed by atoms with van der Waals surface area (Å²) in [6.45, 7) is 2.02. The maximum Gasteiger partial charge on any atom is 0.264 e. The summed E-state index contributed by atoms with van der Waals surface area (Å²) in [4.78, 5) is 29.0. The lowest BCUT2D eigenvalue weighted by atomic mass is 10.1. The molecule has 0 bridgehead atoms. The van der Waals surface area contributed by atoms with E-state index in [4.69, 9.17) is 0 Å². The monoisotopic (exact) mass is 442 g/mol. The average Bonchev–Trinajstić information content (AvgIpc) is 2.82. The predicted molar refractivity (Wildman–Crippen MR) is 132 cm³/mol. The highest BCUT2D eigenvalue weighted by atomic mass is 32.2. The van der Waals surface area contributed by atoms with E-state index in [2.05, 4.69) is 17.4 Å². The molecule has 0 unspecified atom stereocenters. The third kappa shape index (κ3) is 5.11. The SMILES string of the molecule is C[C@@H](CCc1ccccc1)NC(=O)c1ccc2c(c1)N(C)C(=O)/C(=C\c1ccccc1)S2. The Kier molecular flexibility index (Phi) is 6.76. The van der Waals surface area contributed by atoms with Gasteiger partial charge in [0.2, 0.25) is 0 Å². The van der Waals surface area contributed by atoms with Crippen molar-refractivity contribution in [2.45, 2.75) is 30.7 Å². The molecule has 32 heavy (non-hydrogen) atoms. The Hall–Kier alpha value is -3.31. The van der Waals surface area contributed by atoms with Crippen molar-refractivity contribution in [3.63, 3.8) is 0 Å². The summed E-state index contributed by atoms with van der Waals surface area (Å²) >= 11 is 1.44. The van der Waals surface area contributed by atoms with Crippen molar-refractivity contribution in [2.75, 3.05) is 11.9 Å². The molecule has 0 saturated heterocycles. The van der Waals surface area contributed by atoms with Crippen LogP contribution in [0.3, 0.4) is 0 Å². The van der Waals surface area contributed by atoms with E-state index in [1.54, 1.807) is 18.0 Å². The molecule has 0 spiro atoms. The number of rotatable bonds is 6. The van der Waals surface area contributed by atoms with Gasteiger partial charge in [0.25, 0.3) is 11.8 Å². The Morgan fingerprint density at radius 3 is 2.44 bits per heavy atom. The minimum atomic E-state index is -0.121. The van der Waals surface area contributed by atoms with Gasteiger partial charge in [0.1, 0.15) is 0 Å².